The van der Waals surface area contributed by atoms with Gasteiger partial charge >= 0.3 is 0 Å². The third kappa shape index (κ3) is 2.26. The first-order valence-electron chi connectivity index (χ1n) is 6.01. The summed E-state index contributed by atoms with van der Waals surface area (Å²) in [6.45, 7) is 0. The van der Waals surface area contributed by atoms with E-state index < -0.39 is 0 Å². The third-order valence-electron chi connectivity index (χ3n) is 2.84. The molecule has 20 heavy (non-hydrogen) atoms. The summed E-state index contributed by atoms with van der Waals surface area (Å²) in [5.41, 5.74) is 7.78. The molecular weight excluding hydrogens is 252 g/mol. The number of benzene rings is 1. The fraction of sp³-hybridized carbons (Fsp3) is 0. The summed E-state index contributed by atoms with van der Waals surface area (Å²) < 4.78 is 1.64. The molecule has 0 unspecified atom stereocenters. The SMILES string of the molecule is N=C(N)c1cnc(-n2cc(-c3ccccc3)cn2)cn1. The Morgan fingerprint density at radius 1 is 1.00 bits per heavy atom. The fourth-order valence-corrected chi connectivity index (χ4v) is 1.81. The van der Waals surface area contributed by atoms with E-state index in [0.717, 1.165) is 11.1 Å². The highest BCUT2D eigenvalue weighted by atomic mass is 15.3. The van der Waals surface area contributed by atoms with E-state index in [1.54, 1.807) is 17.1 Å². The molecular formula is C14H12N6. The lowest BCUT2D eigenvalue weighted by molar-refractivity contribution is 0.836. The van der Waals surface area contributed by atoms with Crippen molar-refractivity contribution in [1.29, 1.82) is 5.41 Å². The number of rotatable bonds is 3. The molecule has 98 valence electrons. The van der Waals surface area contributed by atoms with Crippen LogP contribution in [0.1, 0.15) is 5.69 Å². The predicted octanol–water partition coefficient (Wildman–Crippen LogP) is 1.61. The van der Waals surface area contributed by atoms with Gasteiger partial charge in [-0.25, -0.2) is 14.6 Å². The molecule has 1 aromatic carbocycles. The average molecular weight is 264 g/mol. The summed E-state index contributed by atoms with van der Waals surface area (Å²) in [5, 5.41) is 11.5. The topological polar surface area (TPSA) is 93.5 Å². The first-order chi connectivity index (χ1) is 9.74. The van der Waals surface area contributed by atoms with Gasteiger partial charge in [0.2, 0.25) is 0 Å². The van der Waals surface area contributed by atoms with E-state index in [0.29, 0.717) is 11.5 Å². The van der Waals surface area contributed by atoms with E-state index in [2.05, 4.69) is 15.1 Å². The van der Waals surface area contributed by atoms with Crippen LogP contribution in [0.4, 0.5) is 0 Å². The van der Waals surface area contributed by atoms with Crippen LogP contribution in [0.2, 0.25) is 0 Å². The lowest BCUT2D eigenvalue weighted by Crippen LogP contribution is -2.14. The highest BCUT2D eigenvalue weighted by Gasteiger charge is 2.05. The van der Waals surface area contributed by atoms with E-state index in [4.69, 9.17) is 11.1 Å². The predicted molar refractivity (Wildman–Crippen MR) is 75.6 cm³/mol. The Morgan fingerprint density at radius 3 is 2.45 bits per heavy atom. The van der Waals surface area contributed by atoms with Crippen molar-refractivity contribution in [3.05, 3.63) is 60.8 Å². The van der Waals surface area contributed by atoms with Gasteiger partial charge in [0.05, 0.1) is 18.6 Å². The van der Waals surface area contributed by atoms with Gasteiger partial charge in [0.1, 0.15) is 11.5 Å². The molecule has 0 spiro atoms. The second-order valence-corrected chi connectivity index (χ2v) is 4.21. The van der Waals surface area contributed by atoms with Crippen LogP contribution < -0.4 is 5.73 Å². The summed E-state index contributed by atoms with van der Waals surface area (Å²) in [4.78, 5) is 8.26. The quantitative estimate of drug-likeness (QED) is 0.555. The normalized spacial score (nSPS) is 10.4. The molecule has 0 bridgehead atoms. The van der Waals surface area contributed by atoms with Gasteiger partial charge in [-0.2, -0.15) is 5.10 Å². The van der Waals surface area contributed by atoms with Gasteiger partial charge in [-0.3, -0.25) is 5.41 Å². The highest BCUT2D eigenvalue weighted by Crippen LogP contribution is 2.18. The van der Waals surface area contributed by atoms with Gasteiger partial charge < -0.3 is 5.73 Å². The summed E-state index contributed by atoms with van der Waals surface area (Å²) >= 11 is 0. The molecule has 2 heterocycles. The number of nitrogen functional groups attached to an aromatic ring is 1. The fourth-order valence-electron chi connectivity index (χ4n) is 1.81. The maximum Gasteiger partial charge on any atom is 0.171 e. The lowest BCUT2D eigenvalue weighted by Gasteiger charge is -2.01. The monoisotopic (exact) mass is 264 g/mol. The van der Waals surface area contributed by atoms with Crippen LogP contribution in [0.3, 0.4) is 0 Å². The summed E-state index contributed by atoms with van der Waals surface area (Å²) in [6, 6.07) is 9.97. The Kier molecular flexibility index (Phi) is 2.96. The van der Waals surface area contributed by atoms with Crippen molar-refractivity contribution in [2.45, 2.75) is 0 Å². The van der Waals surface area contributed by atoms with Gasteiger partial charge in [0.25, 0.3) is 0 Å². The molecule has 6 nitrogen and oxygen atoms in total. The van der Waals surface area contributed by atoms with Gasteiger partial charge in [-0.1, -0.05) is 30.3 Å². The summed E-state index contributed by atoms with van der Waals surface area (Å²) in [6.07, 6.45) is 6.66. The Labute approximate surface area is 115 Å². The van der Waals surface area contributed by atoms with Crippen molar-refractivity contribution in [3.63, 3.8) is 0 Å². The second kappa shape index (κ2) is 4.93. The van der Waals surface area contributed by atoms with Crippen LogP contribution in [-0.4, -0.2) is 25.6 Å². The Balaban J connectivity index is 1.92. The maximum atomic E-state index is 7.28. The molecule has 0 saturated carbocycles. The second-order valence-electron chi connectivity index (χ2n) is 4.21. The smallest absolute Gasteiger partial charge is 0.171 e. The Bertz CT molecular complexity index is 730. The Hall–Kier alpha value is -3.02. The van der Waals surface area contributed by atoms with E-state index in [-0.39, 0.29) is 5.84 Å². The van der Waals surface area contributed by atoms with Crippen molar-refractivity contribution in [2.75, 3.05) is 0 Å². The minimum absolute atomic E-state index is 0.102. The number of aromatic nitrogens is 4. The molecule has 0 saturated heterocycles. The zero-order valence-electron chi connectivity index (χ0n) is 10.6. The number of hydrogen-bond donors (Lipinski definition) is 2. The van der Waals surface area contributed by atoms with Crippen LogP contribution in [0.15, 0.2) is 55.1 Å². The van der Waals surface area contributed by atoms with E-state index >= 15 is 0 Å². The molecule has 3 aromatic rings. The molecule has 0 amide bonds. The van der Waals surface area contributed by atoms with Crippen LogP contribution in [-0.2, 0) is 0 Å². The van der Waals surface area contributed by atoms with Gasteiger partial charge in [0, 0.05) is 11.8 Å². The number of nitrogens with zero attached hydrogens (tertiary/aromatic N) is 4. The zero-order chi connectivity index (χ0) is 13.9. The molecule has 3 N–H and O–H groups in total. The zero-order valence-corrected chi connectivity index (χ0v) is 10.6. The molecule has 0 radical (unpaired) electrons. The van der Waals surface area contributed by atoms with Crippen molar-refractivity contribution in [3.8, 4) is 16.9 Å². The Morgan fingerprint density at radius 2 is 1.80 bits per heavy atom. The van der Waals surface area contributed by atoms with Crippen LogP contribution >= 0.6 is 0 Å². The third-order valence-corrected chi connectivity index (χ3v) is 2.84. The van der Waals surface area contributed by atoms with Crippen molar-refractivity contribution in [1.82, 2.24) is 19.7 Å². The van der Waals surface area contributed by atoms with Crippen molar-refractivity contribution >= 4 is 5.84 Å². The molecule has 3 rings (SSSR count). The molecule has 0 fully saturated rings. The van der Waals surface area contributed by atoms with Crippen molar-refractivity contribution in [2.24, 2.45) is 5.73 Å². The summed E-state index contributed by atoms with van der Waals surface area (Å²) in [5.74, 6) is 0.478. The molecule has 0 aliphatic rings. The minimum atomic E-state index is -0.102. The van der Waals surface area contributed by atoms with Crippen LogP contribution in [0.25, 0.3) is 16.9 Å². The molecule has 0 aliphatic heterocycles. The average Bonchev–Trinajstić information content (AvgIpc) is 2.98. The van der Waals surface area contributed by atoms with Crippen LogP contribution in [0.5, 0.6) is 0 Å². The van der Waals surface area contributed by atoms with Crippen LogP contribution in [0, 0.1) is 5.41 Å². The van der Waals surface area contributed by atoms with Gasteiger partial charge in [-0.15, -0.1) is 0 Å². The van der Waals surface area contributed by atoms with Gasteiger partial charge in [-0.05, 0) is 5.56 Å². The molecule has 2 aromatic heterocycles. The highest BCUT2D eigenvalue weighted by molar-refractivity contribution is 5.92. The lowest BCUT2D eigenvalue weighted by atomic mass is 10.1. The van der Waals surface area contributed by atoms with Gasteiger partial charge in [0.15, 0.2) is 5.82 Å². The first kappa shape index (κ1) is 12.0. The first-order valence-corrected chi connectivity index (χ1v) is 6.01. The number of amidine groups is 1. The maximum absolute atomic E-state index is 7.28. The summed E-state index contributed by atoms with van der Waals surface area (Å²) in [7, 11) is 0. The number of hydrogen-bond acceptors (Lipinski definition) is 4. The number of nitrogens with one attached hydrogen (secondary N) is 1. The molecule has 0 atom stereocenters. The van der Waals surface area contributed by atoms with E-state index in [9.17, 15) is 0 Å². The minimum Gasteiger partial charge on any atom is -0.382 e. The standard InChI is InChI=1S/C14H12N6/c15-14(16)12-7-18-13(8-17-12)20-9-11(6-19-20)10-4-2-1-3-5-10/h1-9H,(H3,15,16). The van der Waals surface area contributed by atoms with E-state index in [1.165, 1.54) is 6.20 Å². The largest absolute Gasteiger partial charge is 0.382 e. The molecule has 6 heteroatoms. The molecule has 0 aliphatic carbocycles. The van der Waals surface area contributed by atoms with Crippen molar-refractivity contribution < 1.29 is 0 Å². The number of nitrogens with two attached hydrogens (primary N) is 1. The van der Waals surface area contributed by atoms with E-state index in [1.807, 2.05) is 36.5 Å².